The van der Waals surface area contributed by atoms with Crippen LogP contribution in [0.15, 0.2) is 24.4 Å². The second kappa shape index (κ2) is 5.73. The molecule has 0 aliphatic carbocycles. The molecule has 9 heteroatoms. The number of H-pyrrole nitrogens is 1. The summed E-state index contributed by atoms with van der Waals surface area (Å²) in [6.45, 7) is -0.542. The third kappa shape index (κ3) is 3.09. The molecule has 1 N–H and O–H groups in total. The number of ether oxygens (including phenoxy) is 1. The molecule has 6 nitrogen and oxygen atoms in total. The summed E-state index contributed by atoms with van der Waals surface area (Å²) in [4.78, 5) is 13.5. The van der Waals surface area contributed by atoms with Crippen molar-refractivity contribution in [3.05, 3.63) is 30.1 Å². The Bertz CT molecular complexity index is 707. The molecule has 0 spiro atoms. The van der Waals surface area contributed by atoms with Gasteiger partial charge in [-0.15, -0.1) is 0 Å². The van der Waals surface area contributed by atoms with Crippen LogP contribution in [0.3, 0.4) is 0 Å². The van der Waals surface area contributed by atoms with Gasteiger partial charge in [-0.1, -0.05) is 0 Å². The number of hydrogen-bond donors (Lipinski definition) is 1. The number of nitrogens with one attached hydrogen (secondary N) is 1. The molecule has 23 heavy (non-hydrogen) atoms. The predicted molar refractivity (Wildman–Crippen MR) is 74.7 cm³/mol. The zero-order valence-electron chi connectivity index (χ0n) is 12.3. The van der Waals surface area contributed by atoms with Crippen molar-refractivity contribution >= 4 is 5.91 Å². The second-order valence-electron chi connectivity index (χ2n) is 5.32. The molecular formula is C14H15F3N4O2. The van der Waals surface area contributed by atoms with Gasteiger partial charge in [0.2, 0.25) is 0 Å². The van der Waals surface area contributed by atoms with Gasteiger partial charge in [-0.2, -0.15) is 18.3 Å². The van der Waals surface area contributed by atoms with Crippen LogP contribution in [-0.2, 0) is 11.8 Å². The van der Waals surface area contributed by atoms with Crippen molar-refractivity contribution < 1.29 is 22.7 Å². The number of carbonyl (C=O) groups excluding carboxylic acids is 1. The molecular weight excluding hydrogens is 313 g/mol. The van der Waals surface area contributed by atoms with Crippen LogP contribution < -0.4 is 0 Å². The lowest BCUT2D eigenvalue weighted by Crippen LogP contribution is -2.51. The molecule has 124 valence electrons. The molecule has 2 aromatic rings. The van der Waals surface area contributed by atoms with Crippen LogP contribution in [0.25, 0.3) is 11.4 Å². The second-order valence-corrected chi connectivity index (χ2v) is 5.32. The van der Waals surface area contributed by atoms with Crippen molar-refractivity contribution in [3.8, 4) is 11.4 Å². The van der Waals surface area contributed by atoms with E-state index in [2.05, 4.69) is 10.2 Å². The van der Waals surface area contributed by atoms with Gasteiger partial charge in [-0.3, -0.25) is 9.89 Å². The molecule has 0 saturated carbocycles. The molecule has 1 saturated heterocycles. The zero-order chi connectivity index (χ0) is 16.6. The van der Waals surface area contributed by atoms with Crippen molar-refractivity contribution in [1.29, 1.82) is 0 Å². The van der Waals surface area contributed by atoms with Crippen LogP contribution in [0, 0.1) is 0 Å². The van der Waals surface area contributed by atoms with E-state index in [9.17, 15) is 18.0 Å². The molecule has 1 fully saturated rings. The summed E-state index contributed by atoms with van der Waals surface area (Å²) in [7, 11) is 1.83. The van der Waals surface area contributed by atoms with Gasteiger partial charge in [0.05, 0.1) is 18.8 Å². The first-order chi connectivity index (χ1) is 10.9. The first-order valence-electron chi connectivity index (χ1n) is 7.01. The van der Waals surface area contributed by atoms with Gasteiger partial charge in [0.25, 0.3) is 5.91 Å². The average molecular weight is 328 g/mol. The fraction of sp³-hybridized carbons (Fsp3) is 0.429. The summed E-state index contributed by atoms with van der Waals surface area (Å²) >= 11 is 0. The maximum absolute atomic E-state index is 12.7. The van der Waals surface area contributed by atoms with E-state index in [4.69, 9.17) is 4.74 Å². The number of carbonyl (C=O) groups is 1. The minimum atomic E-state index is -4.48. The minimum absolute atomic E-state index is 0.115. The van der Waals surface area contributed by atoms with Crippen molar-refractivity contribution in [2.24, 2.45) is 7.05 Å². The number of rotatable bonds is 2. The summed E-state index contributed by atoms with van der Waals surface area (Å²) in [5.74, 6) is -0.518. The summed E-state index contributed by atoms with van der Waals surface area (Å²) in [5, 5.41) is 6.65. The lowest BCUT2D eigenvalue weighted by atomic mass is 10.2. The quantitative estimate of drug-likeness (QED) is 0.915. The van der Waals surface area contributed by atoms with E-state index in [1.165, 1.54) is 6.07 Å². The van der Waals surface area contributed by atoms with Gasteiger partial charge < -0.3 is 14.2 Å². The molecule has 1 unspecified atom stereocenters. The van der Waals surface area contributed by atoms with Crippen molar-refractivity contribution in [2.45, 2.75) is 12.3 Å². The average Bonchev–Trinajstić information content (AvgIpc) is 3.14. The van der Waals surface area contributed by atoms with E-state index in [0.29, 0.717) is 5.69 Å². The van der Waals surface area contributed by atoms with Gasteiger partial charge in [0, 0.05) is 19.8 Å². The number of morpholine rings is 1. The fourth-order valence-electron chi connectivity index (χ4n) is 2.49. The molecule has 1 atom stereocenters. The monoisotopic (exact) mass is 328 g/mol. The predicted octanol–water partition coefficient (Wildman–Crippen LogP) is 1.82. The molecule has 0 bridgehead atoms. The van der Waals surface area contributed by atoms with E-state index in [1.54, 1.807) is 0 Å². The number of halogens is 3. The molecule has 3 heterocycles. The molecule has 1 aliphatic heterocycles. The molecule has 1 amide bonds. The van der Waals surface area contributed by atoms with Crippen molar-refractivity contribution in [1.82, 2.24) is 19.7 Å². The maximum atomic E-state index is 12.7. The third-order valence-electron chi connectivity index (χ3n) is 3.73. The molecule has 2 aromatic heterocycles. The maximum Gasteiger partial charge on any atom is 0.416 e. The van der Waals surface area contributed by atoms with Crippen LogP contribution >= 0.6 is 0 Å². The van der Waals surface area contributed by atoms with E-state index < -0.39 is 24.7 Å². The Morgan fingerprint density at radius 3 is 2.91 bits per heavy atom. The fourth-order valence-corrected chi connectivity index (χ4v) is 2.49. The van der Waals surface area contributed by atoms with Crippen LogP contribution in [0.1, 0.15) is 10.5 Å². The first-order valence-corrected chi connectivity index (χ1v) is 7.01. The van der Waals surface area contributed by atoms with E-state index in [-0.39, 0.29) is 18.8 Å². The standard InChI is InChI=1S/C14H15F3N4O2/c1-20-4-2-3-11(20)9-7-10(19-18-9)13(22)21-5-6-23-12(8-21)14(15,16)17/h2-4,7,12H,5-6,8H2,1H3,(H,18,19). The highest BCUT2D eigenvalue weighted by molar-refractivity contribution is 5.93. The minimum Gasteiger partial charge on any atom is -0.365 e. The molecule has 1 aliphatic rings. The number of nitrogens with zero attached hydrogens (tertiary/aromatic N) is 3. The molecule has 0 radical (unpaired) electrons. The normalized spacial score (nSPS) is 19.1. The largest absolute Gasteiger partial charge is 0.416 e. The van der Waals surface area contributed by atoms with Gasteiger partial charge in [0.15, 0.2) is 6.10 Å². The highest BCUT2D eigenvalue weighted by atomic mass is 19.4. The number of hydrogen-bond acceptors (Lipinski definition) is 3. The van der Waals surface area contributed by atoms with Crippen LogP contribution in [0.4, 0.5) is 13.2 Å². The highest BCUT2D eigenvalue weighted by Crippen LogP contribution is 2.26. The molecule has 3 rings (SSSR count). The number of amides is 1. The Hall–Kier alpha value is -2.29. The Morgan fingerprint density at radius 2 is 2.26 bits per heavy atom. The van der Waals surface area contributed by atoms with Crippen LogP contribution in [0.5, 0.6) is 0 Å². The smallest absolute Gasteiger partial charge is 0.365 e. The lowest BCUT2D eigenvalue weighted by Gasteiger charge is -2.33. The Balaban J connectivity index is 1.76. The first kappa shape index (κ1) is 15.6. The summed E-state index contributed by atoms with van der Waals surface area (Å²) in [6.07, 6.45) is -4.60. The number of aryl methyl sites for hydroxylation is 1. The third-order valence-corrected chi connectivity index (χ3v) is 3.73. The number of alkyl halides is 3. The van der Waals surface area contributed by atoms with Gasteiger partial charge in [-0.05, 0) is 18.2 Å². The Morgan fingerprint density at radius 1 is 1.48 bits per heavy atom. The summed E-state index contributed by atoms with van der Waals surface area (Å²) in [5.41, 5.74) is 1.51. The summed E-state index contributed by atoms with van der Waals surface area (Å²) < 4.78 is 44.7. The zero-order valence-corrected chi connectivity index (χ0v) is 12.3. The van der Waals surface area contributed by atoms with Crippen molar-refractivity contribution in [3.63, 3.8) is 0 Å². The van der Waals surface area contributed by atoms with Gasteiger partial charge >= 0.3 is 6.18 Å². The van der Waals surface area contributed by atoms with E-state index in [1.807, 2.05) is 29.9 Å². The Kier molecular flexibility index (Phi) is 3.88. The number of aromatic nitrogens is 3. The Labute approximate surface area is 129 Å². The van der Waals surface area contributed by atoms with E-state index >= 15 is 0 Å². The topological polar surface area (TPSA) is 63.1 Å². The van der Waals surface area contributed by atoms with Crippen LogP contribution in [0.2, 0.25) is 0 Å². The highest BCUT2D eigenvalue weighted by Gasteiger charge is 2.44. The SMILES string of the molecule is Cn1cccc1-c1cc(C(=O)N2CCOC(C(F)(F)F)C2)[nH]n1. The van der Waals surface area contributed by atoms with Gasteiger partial charge in [-0.25, -0.2) is 0 Å². The van der Waals surface area contributed by atoms with Crippen LogP contribution in [-0.4, -0.2) is 57.5 Å². The lowest BCUT2D eigenvalue weighted by molar-refractivity contribution is -0.233. The van der Waals surface area contributed by atoms with Crippen molar-refractivity contribution in [2.75, 3.05) is 19.7 Å². The van der Waals surface area contributed by atoms with E-state index in [0.717, 1.165) is 10.6 Å². The summed E-state index contributed by atoms with van der Waals surface area (Å²) in [6, 6.07) is 5.20. The molecule has 0 aromatic carbocycles. The number of aromatic amines is 1. The van der Waals surface area contributed by atoms with Gasteiger partial charge in [0.1, 0.15) is 11.4 Å².